The number of nitrogens with one attached hydrogen (secondary N) is 1. The number of rotatable bonds is 35. The van der Waals surface area contributed by atoms with Gasteiger partial charge in [-0.1, -0.05) is 146 Å². The van der Waals surface area contributed by atoms with E-state index in [4.69, 9.17) is 9.47 Å². The molecule has 0 aromatic rings. The van der Waals surface area contributed by atoms with Gasteiger partial charge in [0.2, 0.25) is 5.91 Å². The smallest absolute Gasteiger partial charge is 0.249 e. The summed E-state index contributed by atoms with van der Waals surface area (Å²) in [6.45, 7) is 3.54. The molecule has 10 nitrogen and oxygen atoms in total. The third-order valence-electron chi connectivity index (χ3n) is 10.2. The van der Waals surface area contributed by atoms with Crippen molar-refractivity contribution < 1.29 is 44.9 Å². The van der Waals surface area contributed by atoms with Crippen molar-refractivity contribution in [3.05, 3.63) is 48.6 Å². The standard InChI is InChI=1S/C45H81NO9/c1-3-5-7-9-11-13-15-17-19-21-23-25-27-29-31-33-38(48)37(36-54-45-43(52)42(51)41(50)40(35-47)55-45)46-44(53)39(49)34-32-30-28-26-24-22-20-18-16-14-12-10-8-6-4-2/h15,17,20,22-23,25,31,33,37-43,45,47-52H,3-14,16,18-19,21,24,26-30,32,34-36H2,1-2H3,(H,46,53)/b17-15+,22-20-,25-23+,33-31+. The average Bonchev–Trinajstić information content (AvgIpc) is 3.18. The molecule has 1 amide bonds. The second-order valence-corrected chi connectivity index (χ2v) is 15.3. The minimum absolute atomic E-state index is 0.285. The topological polar surface area (TPSA) is 169 Å². The van der Waals surface area contributed by atoms with Crippen molar-refractivity contribution >= 4 is 5.91 Å². The van der Waals surface area contributed by atoms with Gasteiger partial charge in [0.05, 0.1) is 25.4 Å². The Morgan fingerprint density at radius 2 is 1.07 bits per heavy atom. The Bertz CT molecular complexity index is 1020. The van der Waals surface area contributed by atoms with Gasteiger partial charge in [-0.25, -0.2) is 0 Å². The number of ether oxygens (including phenoxy) is 2. The second-order valence-electron chi connectivity index (χ2n) is 15.3. The van der Waals surface area contributed by atoms with Crippen LogP contribution < -0.4 is 5.32 Å². The number of unbranched alkanes of at least 4 members (excludes halogenated alkanes) is 18. The van der Waals surface area contributed by atoms with Gasteiger partial charge in [0.25, 0.3) is 0 Å². The van der Waals surface area contributed by atoms with Crippen molar-refractivity contribution in [3.8, 4) is 0 Å². The third kappa shape index (κ3) is 25.9. The first kappa shape index (κ1) is 51.1. The molecule has 0 saturated carbocycles. The van der Waals surface area contributed by atoms with Crippen LogP contribution in [0.25, 0.3) is 0 Å². The molecule has 8 unspecified atom stereocenters. The van der Waals surface area contributed by atoms with Crippen LogP contribution in [-0.4, -0.2) is 98.7 Å². The normalized spacial score (nSPS) is 22.4. The summed E-state index contributed by atoms with van der Waals surface area (Å²) in [4.78, 5) is 13.0. The van der Waals surface area contributed by atoms with Gasteiger partial charge in [-0.15, -0.1) is 0 Å². The lowest BCUT2D eigenvalue weighted by molar-refractivity contribution is -0.302. The maximum absolute atomic E-state index is 13.0. The molecule has 1 aliphatic heterocycles. The van der Waals surface area contributed by atoms with E-state index in [0.29, 0.717) is 12.8 Å². The summed E-state index contributed by atoms with van der Waals surface area (Å²) in [5, 5.41) is 64.5. The van der Waals surface area contributed by atoms with E-state index < -0.39 is 61.5 Å². The molecule has 0 radical (unpaired) electrons. The van der Waals surface area contributed by atoms with Crippen LogP contribution in [0.2, 0.25) is 0 Å². The first-order chi connectivity index (χ1) is 26.8. The van der Waals surface area contributed by atoms with E-state index in [1.54, 1.807) is 6.08 Å². The van der Waals surface area contributed by atoms with Crippen molar-refractivity contribution in [2.24, 2.45) is 0 Å². The van der Waals surface area contributed by atoms with Crippen molar-refractivity contribution in [1.29, 1.82) is 0 Å². The zero-order valence-corrected chi connectivity index (χ0v) is 34.5. The zero-order valence-electron chi connectivity index (χ0n) is 34.5. The van der Waals surface area contributed by atoms with E-state index in [0.717, 1.165) is 57.8 Å². The van der Waals surface area contributed by atoms with Gasteiger partial charge >= 0.3 is 0 Å². The molecule has 1 saturated heterocycles. The summed E-state index contributed by atoms with van der Waals surface area (Å²) in [5.41, 5.74) is 0. The molecular formula is C45H81NO9. The predicted octanol–water partition coefficient (Wildman–Crippen LogP) is 7.64. The highest BCUT2D eigenvalue weighted by Gasteiger charge is 2.44. The van der Waals surface area contributed by atoms with E-state index in [-0.39, 0.29) is 13.0 Å². The lowest BCUT2D eigenvalue weighted by Gasteiger charge is -2.40. The molecule has 0 aromatic carbocycles. The zero-order chi connectivity index (χ0) is 40.4. The largest absolute Gasteiger partial charge is 0.394 e. The number of aliphatic hydroxyl groups excluding tert-OH is 6. The lowest BCUT2D eigenvalue weighted by Crippen LogP contribution is -2.60. The molecule has 7 N–H and O–H groups in total. The summed E-state index contributed by atoms with van der Waals surface area (Å²) < 4.78 is 11.1. The molecule has 0 bridgehead atoms. The highest BCUT2D eigenvalue weighted by atomic mass is 16.7. The molecule has 1 rings (SSSR count). The Hall–Kier alpha value is -1.89. The SMILES string of the molecule is CCCCCCC/C=C/CC/C=C/CC/C=C/C(O)C(COC1OC(CO)C(O)C(O)C1O)NC(=O)C(O)CCCCCC/C=C\CCCCCCCCC. The number of amides is 1. The molecule has 8 atom stereocenters. The fraction of sp³-hybridized carbons (Fsp3) is 0.800. The minimum atomic E-state index is -1.62. The Morgan fingerprint density at radius 1 is 0.618 bits per heavy atom. The third-order valence-corrected chi connectivity index (χ3v) is 10.2. The van der Waals surface area contributed by atoms with Crippen LogP contribution in [0.5, 0.6) is 0 Å². The van der Waals surface area contributed by atoms with Crippen molar-refractivity contribution in [1.82, 2.24) is 5.32 Å². The number of hydrogen-bond donors (Lipinski definition) is 7. The summed E-state index contributed by atoms with van der Waals surface area (Å²) >= 11 is 0. The molecule has 0 aromatic heterocycles. The fourth-order valence-electron chi connectivity index (χ4n) is 6.54. The molecule has 320 valence electrons. The van der Waals surface area contributed by atoms with Gasteiger partial charge < -0.3 is 45.4 Å². The summed E-state index contributed by atoms with van der Waals surface area (Å²) in [7, 11) is 0. The molecule has 1 aliphatic rings. The summed E-state index contributed by atoms with van der Waals surface area (Å²) in [5.74, 6) is -0.642. The fourth-order valence-corrected chi connectivity index (χ4v) is 6.54. The van der Waals surface area contributed by atoms with Gasteiger partial charge in [0.1, 0.15) is 30.5 Å². The van der Waals surface area contributed by atoms with Crippen molar-refractivity contribution in [2.45, 2.75) is 217 Å². The Balaban J connectivity index is 2.51. The average molecular weight is 780 g/mol. The van der Waals surface area contributed by atoms with E-state index in [1.165, 1.54) is 77.0 Å². The van der Waals surface area contributed by atoms with Crippen LogP contribution in [0.4, 0.5) is 0 Å². The number of hydrogen-bond acceptors (Lipinski definition) is 9. The van der Waals surface area contributed by atoms with Crippen LogP contribution in [0.1, 0.15) is 168 Å². The molecule has 55 heavy (non-hydrogen) atoms. The number of allylic oxidation sites excluding steroid dienone is 7. The van der Waals surface area contributed by atoms with Crippen LogP contribution >= 0.6 is 0 Å². The lowest BCUT2D eigenvalue weighted by atomic mass is 9.99. The van der Waals surface area contributed by atoms with E-state index >= 15 is 0 Å². The van der Waals surface area contributed by atoms with Gasteiger partial charge in [0.15, 0.2) is 6.29 Å². The highest BCUT2D eigenvalue weighted by molar-refractivity contribution is 5.80. The maximum atomic E-state index is 13.0. The highest BCUT2D eigenvalue weighted by Crippen LogP contribution is 2.22. The van der Waals surface area contributed by atoms with Crippen LogP contribution in [0, 0.1) is 0 Å². The van der Waals surface area contributed by atoms with Crippen molar-refractivity contribution in [2.75, 3.05) is 13.2 Å². The molecular weight excluding hydrogens is 698 g/mol. The minimum Gasteiger partial charge on any atom is -0.394 e. The number of carbonyl (C=O) groups is 1. The van der Waals surface area contributed by atoms with Crippen LogP contribution in [0.15, 0.2) is 48.6 Å². The molecule has 1 heterocycles. The first-order valence-electron chi connectivity index (χ1n) is 22.0. The Labute approximate surface area is 334 Å². The molecule has 1 fully saturated rings. The Morgan fingerprint density at radius 3 is 1.58 bits per heavy atom. The van der Waals surface area contributed by atoms with Crippen molar-refractivity contribution in [3.63, 3.8) is 0 Å². The first-order valence-corrected chi connectivity index (χ1v) is 22.0. The molecule has 0 aliphatic carbocycles. The number of aliphatic hydroxyl groups is 6. The Kier molecular flexibility index (Phi) is 32.8. The second kappa shape index (κ2) is 35.3. The van der Waals surface area contributed by atoms with E-state index in [1.807, 2.05) is 6.08 Å². The summed E-state index contributed by atoms with van der Waals surface area (Å²) in [6.07, 6.45) is 33.4. The maximum Gasteiger partial charge on any atom is 0.249 e. The van der Waals surface area contributed by atoms with E-state index in [9.17, 15) is 35.4 Å². The molecule has 0 spiro atoms. The van der Waals surface area contributed by atoms with Gasteiger partial charge in [-0.2, -0.15) is 0 Å². The van der Waals surface area contributed by atoms with Crippen LogP contribution in [0.3, 0.4) is 0 Å². The van der Waals surface area contributed by atoms with E-state index in [2.05, 4.69) is 55.6 Å². The van der Waals surface area contributed by atoms with Gasteiger partial charge in [-0.05, 0) is 70.6 Å². The van der Waals surface area contributed by atoms with Gasteiger partial charge in [0, 0.05) is 0 Å². The van der Waals surface area contributed by atoms with Gasteiger partial charge in [-0.3, -0.25) is 4.79 Å². The predicted molar refractivity (Wildman–Crippen MR) is 222 cm³/mol. The quantitative estimate of drug-likeness (QED) is 0.0253. The summed E-state index contributed by atoms with van der Waals surface area (Å²) in [6, 6.07) is -1.01. The number of carbonyl (C=O) groups excluding carboxylic acids is 1. The monoisotopic (exact) mass is 780 g/mol. The molecule has 10 heteroatoms. The van der Waals surface area contributed by atoms with Crippen LogP contribution in [-0.2, 0) is 14.3 Å².